The maximum Gasteiger partial charge on any atom is 0.311 e. The van der Waals surface area contributed by atoms with Crippen molar-refractivity contribution >= 4 is 29.2 Å². The zero-order chi connectivity index (χ0) is 23.2. The Morgan fingerprint density at radius 2 is 1.61 bits per heavy atom. The Hall–Kier alpha value is -4.13. The van der Waals surface area contributed by atoms with Crippen LogP contribution in [0.25, 0.3) is 0 Å². The van der Waals surface area contributed by atoms with Crippen LogP contribution in [0.3, 0.4) is 0 Å². The summed E-state index contributed by atoms with van der Waals surface area (Å²) < 4.78 is 10.9. The highest BCUT2D eigenvalue weighted by atomic mass is 16.5. The molecular weight excluding hydrogens is 420 g/mol. The lowest BCUT2D eigenvalue weighted by atomic mass is 10.1. The standard InChI is InChI=1S/C26H24N2O5/c1-18-7-5-6-10-23(18)28-16-19(15-25(28)30)26(31)32-17-24(29)27-20-11-13-22(14-12-20)33-21-8-3-2-4-9-21/h2-14,19H,15-17H2,1H3,(H,27,29)/t19-/m0/s1. The van der Waals surface area contributed by atoms with Gasteiger partial charge in [0.25, 0.3) is 5.91 Å². The molecule has 2 amide bonds. The summed E-state index contributed by atoms with van der Waals surface area (Å²) in [6.07, 6.45) is 0.0671. The monoisotopic (exact) mass is 444 g/mol. The molecule has 0 spiro atoms. The average Bonchev–Trinajstić information content (AvgIpc) is 3.21. The van der Waals surface area contributed by atoms with Crippen LogP contribution in [0.15, 0.2) is 78.9 Å². The minimum absolute atomic E-state index is 0.0671. The first kappa shape index (κ1) is 22.1. The molecule has 3 aromatic rings. The summed E-state index contributed by atoms with van der Waals surface area (Å²) in [7, 11) is 0. The van der Waals surface area contributed by atoms with E-state index in [1.54, 1.807) is 29.2 Å². The minimum Gasteiger partial charge on any atom is -0.457 e. The number of hydrogen-bond donors (Lipinski definition) is 1. The first-order valence-corrected chi connectivity index (χ1v) is 10.6. The number of nitrogens with one attached hydrogen (secondary N) is 1. The van der Waals surface area contributed by atoms with Crippen LogP contribution in [0.5, 0.6) is 11.5 Å². The third-order valence-electron chi connectivity index (χ3n) is 5.33. The second-order valence-corrected chi connectivity index (χ2v) is 7.79. The zero-order valence-corrected chi connectivity index (χ0v) is 18.2. The van der Waals surface area contributed by atoms with Gasteiger partial charge < -0.3 is 19.7 Å². The highest BCUT2D eigenvalue weighted by Crippen LogP contribution is 2.28. The van der Waals surface area contributed by atoms with E-state index in [1.165, 1.54) is 0 Å². The largest absolute Gasteiger partial charge is 0.457 e. The summed E-state index contributed by atoms with van der Waals surface area (Å²) >= 11 is 0. The van der Waals surface area contributed by atoms with E-state index in [4.69, 9.17) is 9.47 Å². The Morgan fingerprint density at radius 3 is 2.33 bits per heavy atom. The first-order chi connectivity index (χ1) is 16.0. The fourth-order valence-corrected chi connectivity index (χ4v) is 3.65. The third-order valence-corrected chi connectivity index (χ3v) is 5.33. The molecule has 0 bridgehead atoms. The van der Waals surface area contributed by atoms with E-state index in [9.17, 15) is 14.4 Å². The third kappa shape index (κ3) is 5.57. The van der Waals surface area contributed by atoms with Gasteiger partial charge in [0.05, 0.1) is 5.92 Å². The number of para-hydroxylation sites is 2. The van der Waals surface area contributed by atoms with Gasteiger partial charge in [-0.2, -0.15) is 0 Å². The summed E-state index contributed by atoms with van der Waals surface area (Å²) in [5, 5.41) is 2.68. The van der Waals surface area contributed by atoms with Crippen molar-refractivity contribution < 1.29 is 23.9 Å². The van der Waals surface area contributed by atoms with Crippen molar-refractivity contribution in [3.8, 4) is 11.5 Å². The van der Waals surface area contributed by atoms with E-state index in [2.05, 4.69) is 5.32 Å². The van der Waals surface area contributed by atoms with Gasteiger partial charge in [-0.1, -0.05) is 36.4 Å². The van der Waals surface area contributed by atoms with Crippen LogP contribution >= 0.6 is 0 Å². The summed E-state index contributed by atoms with van der Waals surface area (Å²) in [6, 6.07) is 23.8. The number of esters is 1. The van der Waals surface area contributed by atoms with Crippen LogP contribution in [0, 0.1) is 12.8 Å². The Morgan fingerprint density at radius 1 is 0.939 bits per heavy atom. The van der Waals surface area contributed by atoms with Crippen LogP contribution < -0.4 is 15.0 Å². The number of nitrogens with zero attached hydrogens (tertiary/aromatic N) is 1. The number of aryl methyl sites for hydroxylation is 1. The number of benzene rings is 3. The summed E-state index contributed by atoms with van der Waals surface area (Å²) in [5.74, 6) is -0.392. The molecule has 1 fully saturated rings. The molecular formula is C26H24N2O5. The molecule has 33 heavy (non-hydrogen) atoms. The van der Waals surface area contributed by atoms with Crippen LogP contribution in [-0.4, -0.2) is 30.9 Å². The van der Waals surface area contributed by atoms with Crippen molar-refractivity contribution in [2.75, 3.05) is 23.4 Å². The van der Waals surface area contributed by atoms with Gasteiger partial charge in [-0.25, -0.2) is 0 Å². The number of carbonyl (C=O) groups excluding carboxylic acids is 3. The molecule has 1 saturated heterocycles. The van der Waals surface area contributed by atoms with E-state index >= 15 is 0 Å². The van der Waals surface area contributed by atoms with Gasteiger partial charge in [-0.05, 0) is 55.0 Å². The molecule has 3 aromatic carbocycles. The molecule has 1 atom stereocenters. The van der Waals surface area contributed by atoms with Gasteiger partial charge in [-0.15, -0.1) is 0 Å². The van der Waals surface area contributed by atoms with Crippen LogP contribution in [-0.2, 0) is 19.1 Å². The molecule has 0 aliphatic carbocycles. The quantitative estimate of drug-likeness (QED) is 0.549. The van der Waals surface area contributed by atoms with Gasteiger partial charge in [0.15, 0.2) is 6.61 Å². The fraction of sp³-hybridized carbons (Fsp3) is 0.192. The van der Waals surface area contributed by atoms with Gasteiger partial charge in [0.2, 0.25) is 5.91 Å². The molecule has 168 valence electrons. The minimum atomic E-state index is -0.598. The van der Waals surface area contributed by atoms with Crippen molar-refractivity contribution in [3.05, 3.63) is 84.4 Å². The smallest absolute Gasteiger partial charge is 0.311 e. The number of hydrogen-bond acceptors (Lipinski definition) is 5. The maximum atomic E-state index is 12.4. The first-order valence-electron chi connectivity index (χ1n) is 10.6. The second kappa shape index (κ2) is 9.99. The second-order valence-electron chi connectivity index (χ2n) is 7.79. The Balaban J connectivity index is 1.25. The lowest BCUT2D eigenvalue weighted by Crippen LogP contribution is -2.28. The molecule has 7 heteroatoms. The molecule has 0 unspecified atom stereocenters. The number of carbonyl (C=O) groups is 3. The van der Waals surface area contributed by atoms with Crippen molar-refractivity contribution in [1.82, 2.24) is 0 Å². The van der Waals surface area contributed by atoms with Crippen molar-refractivity contribution in [2.24, 2.45) is 5.92 Å². The average molecular weight is 444 g/mol. The van der Waals surface area contributed by atoms with Gasteiger partial charge in [0, 0.05) is 24.3 Å². The lowest BCUT2D eigenvalue weighted by Gasteiger charge is -2.18. The van der Waals surface area contributed by atoms with Gasteiger partial charge in [0.1, 0.15) is 11.5 Å². The maximum absolute atomic E-state index is 12.4. The van der Waals surface area contributed by atoms with E-state index < -0.39 is 24.4 Å². The molecule has 1 N–H and O–H groups in total. The summed E-state index contributed by atoms with van der Waals surface area (Å²) in [4.78, 5) is 38.6. The lowest BCUT2D eigenvalue weighted by molar-refractivity contribution is -0.151. The molecule has 1 aliphatic rings. The number of rotatable bonds is 7. The fourth-order valence-electron chi connectivity index (χ4n) is 3.65. The summed E-state index contributed by atoms with van der Waals surface area (Å²) in [6.45, 7) is 1.74. The number of ether oxygens (including phenoxy) is 2. The Kier molecular flexibility index (Phi) is 6.69. The molecule has 1 aliphatic heterocycles. The van der Waals surface area contributed by atoms with Gasteiger partial charge >= 0.3 is 5.97 Å². The predicted molar refractivity (Wildman–Crippen MR) is 124 cm³/mol. The van der Waals surface area contributed by atoms with E-state index in [1.807, 2.05) is 61.5 Å². The zero-order valence-electron chi connectivity index (χ0n) is 18.2. The molecule has 0 aromatic heterocycles. The van der Waals surface area contributed by atoms with E-state index in [0.29, 0.717) is 17.2 Å². The van der Waals surface area contributed by atoms with Crippen molar-refractivity contribution in [1.29, 1.82) is 0 Å². The molecule has 0 saturated carbocycles. The number of anilines is 2. The molecule has 4 rings (SSSR count). The number of amides is 2. The molecule has 0 radical (unpaired) electrons. The molecule has 7 nitrogen and oxygen atoms in total. The van der Waals surface area contributed by atoms with Gasteiger partial charge in [-0.3, -0.25) is 14.4 Å². The molecule has 1 heterocycles. The van der Waals surface area contributed by atoms with E-state index in [-0.39, 0.29) is 18.9 Å². The Labute approximate surface area is 191 Å². The summed E-state index contributed by atoms with van der Waals surface area (Å²) in [5.41, 5.74) is 2.30. The topological polar surface area (TPSA) is 84.9 Å². The van der Waals surface area contributed by atoms with Crippen LogP contribution in [0.4, 0.5) is 11.4 Å². The Bertz CT molecular complexity index is 1140. The van der Waals surface area contributed by atoms with Crippen LogP contribution in [0.1, 0.15) is 12.0 Å². The van der Waals surface area contributed by atoms with Crippen molar-refractivity contribution in [3.63, 3.8) is 0 Å². The highest BCUT2D eigenvalue weighted by molar-refractivity contribution is 6.00. The highest BCUT2D eigenvalue weighted by Gasteiger charge is 2.36. The van der Waals surface area contributed by atoms with Crippen LogP contribution in [0.2, 0.25) is 0 Å². The predicted octanol–water partition coefficient (Wildman–Crippen LogP) is 4.32. The SMILES string of the molecule is Cc1ccccc1N1C[C@@H](C(=O)OCC(=O)Nc2ccc(Oc3ccccc3)cc2)CC1=O. The van der Waals surface area contributed by atoms with E-state index in [0.717, 1.165) is 11.3 Å². The normalized spacial score (nSPS) is 15.2. The van der Waals surface area contributed by atoms with Crippen molar-refractivity contribution in [2.45, 2.75) is 13.3 Å².